The fraction of sp³-hybridized carbons (Fsp3) is 1.00. The Morgan fingerprint density at radius 3 is 2.10 bits per heavy atom. The van der Waals surface area contributed by atoms with Crippen molar-refractivity contribution in [3.05, 3.63) is 0 Å². The molecular weight excluding hydrogens is 286 g/mol. The molecule has 0 aliphatic carbocycles. The van der Waals surface area contributed by atoms with Gasteiger partial charge in [-0.15, -0.1) is 0 Å². The molecule has 0 amide bonds. The van der Waals surface area contributed by atoms with E-state index < -0.39 is 10.2 Å². The van der Waals surface area contributed by atoms with Gasteiger partial charge in [0.1, 0.15) is 0 Å². The Hall–Kier alpha value is -0.170. The summed E-state index contributed by atoms with van der Waals surface area (Å²) in [5, 5.41) is 0. The molecule has 0 atom stereocenters. The van der Waals surface area contributed by atoms with Crippen molar-refractivity contribution in [2.24, 2.45) is 17.6 Å². The van der Waals surface area contributed by atoms with Crippen LogP contribution < -0.4 is 5.73 Å². The standard InChI is InChI=1S/C15H33N3O2S/c1-5-15(6-2)18(12-13(3)4)21(19,20)17-9-7-14(11-16)8-10-17/h13-15H,5-12,16H2,1-4H3. The Kier molecular flexibility index (Phi) is 7.60. The average Bonchev–Trinajstić information content (AvgIpc) is 2.47. The molecule has 1 aliphatic heterocycles. The van der Waals surface area contributed by atoms with Gasteiger partial charge in [-0.3, -0.25) is 0 Å². The van der Waals surface area contributed by atoms with Crippen LogP contribution in [0.15, 0.2) is 0 Å². The molecule has 0 spiro atoms. The molecular formula is C15H33N3O2S. The highest BCUT2D eigenvalue weighted by atomic mass is 32.2. The number of rotatable bonds is 8. The molecule has 1 rings (SSSR count). The van der Waals surface area contributed by atoms with E-state index in [-0.39, 0.29) is 6.04 Å². The molecule has 0 radical (unpaired) electrons. The van der Waals surface area contributed by atoms with E-state index in [0.29, 0.717) is 38.0 Å². The normalized spacial score (nSPS) is 19.0. The van der Waals surface area contributed by atoms with Crippen molar-refractivity contribution in [3.63, 3.8) is 0 Å². The van der Waals surface area contributed by atoms with Crippen LogP contribution in [0.3, 0.4) is 0 Å². The minimum absolute atomic E-state index is 0.102. The van der Waals surface area contributed by atoms with E-state index in [1.54, 1.807) is 8.61 Å². The topological polar surface area (TPSA) is 66.6 Å². The van der Waals surface area contributed by atoms with E-state index in [0.717, 1.165) is 25.7 Å². The average molecular weight is 320 g/mol. The Labute approximate surface area is 131 Å². The summed E-state index contributed by atoms with van der Waals surface area (Å²) in [6, 6.07) is 0.102. The van der Waals surface area contributed by atoms with Gasteiger partial charge >= 0.3 is 0 Å². The van der Waals surface area contributed by atoms with Crippen molar-refractivity contribution in [3.8, 4) is 0 Å². The molecule has 1 heterocycles. The van der Waals surface area contributed by atoms with Gasteiger partial charge in [-0.1, -0.05) is 27.7 Å². The first-order valence-corrected chi connectivity index (χ1v) is 9.73. The minimum atomic E-state index is -3.35. The van der Waals surface area contributed by atoms with Crippen LogP contribution in [0.5, 0.6) is 0 Å². The van der Waals surface area contributed by atoms with Gasteiger partial charge in [-0.05, 0) is 44.1 Å². The highest BCUT2D eigenvalue weighted by Crippen LogP contribution is 2.24. The largest absolute Gasteiger partial charge is 0.330 e. The van der Waals surface area contributed by atoms with Gasteiger partial charge in [-0.25, -0.2) is 0 Å². The zero-order valence-corrected chi connectivity index (χ0v) is 14.9. The summed E-state index contributed by atoms with van der Waals surface area (Å²) >= 11 is 0. The van der Waals surface area contributed by atoms with Gasteiger partial charge in [0.15, 0.2) is 0 Å². The number of nitrogens with two attached hydrogens (primary N) is 1. The Morgan fingerprint density at radius 2 is 1.71 bits per heavy atom. The Balaban J connectivity index is 2.88. The molecule has 21 heavy (non-hydrogen) atoms. The lowest BCUT2D eigenvalue weighted by molar-refractivity contribution is 0.223. The number of nitrogens with zero attached hydrogens (tertiary/aromatic N) is 2. The van der Waals surface area contributed by atoms with E-state index in [2.05, 4.69) is 27.7 Å². The van der Waals surface area contributed by atoms with E-state index in [9.17, 15) is 8.42 Å². The molecule has 0 bridgehead atoms. The predicted octanol–water partition coefficient (Wildman–Crippen LogP) is 2.05. The molecule has 2 N–H and O–H groups in total. The molecule has 0 aromatic carbocycles. The molecule has 0 unspecified atom stereocenters. The summed E-state index contributed by atoms with van der Waals surface area (Å²) < 4.78 is 29.4. The van der Waals surface area contributed by atoms with Crippen LogP contribution >= 0.6 is 0 Å². The summed E-state index contributed by atoms with van der Waals surface area (Å²) in [6.45, 7) is 10.8. The number of hydrogen-bond donors (Lipinski definition) is 1. The molecule has 6 heteroatoms. The maximum Gasteiger partial charge on any atom is 0.282 e. The number of hydrogen-bond acceptors (Lipinski definition) is 3. The van der Waals surface area contributed by atoms with Gasteiger partial charge in [0.05, 0.1) is 0 Å². The van der Waals surface area contributed by atoms with Crippen LogP contribution in [0.1, 0.15) is 53.4 Å². The van der Waals surface area contributed by atoms with Gasteiger partial charge in [0.2, 0.25) is 0 Å². The maximum atomic E-state index is 13.0. The highest BCUT2D eigenvalue weighted by Gasteiger charge is 2.35. The predicted molar refractivity (Wildman–Crippen MR) is 88.2 cm³/mol. The monoisotopic (exact) mass is 319 g/mol. The first-order chi connectivity index (χ1) is 9.86. The van der Waals surface area contributed by atoms with Crippen LogP contribution in [0, 0.1) is 11.8 Å². The lowest BCUT2D eigenvalue weighted by atomic mass is 9.99. The molecule has 1 aliphatic rings. The van der Waals surface area contributed by atoms with Crippen LogP contribution in [0.4, 0.5) is 0 Å². The lowest BCUT2D eigenvalue weighted by Gasteiger charge is -2.38. The fourth-order valence-electron chi connectivity index (χ4n) is 3.01. The van der Waals surface area contributed by atoms with Gasteiger partial charge in [0.25, 0.3) is 10.2 Å². The molecule has 1 saturated heterocycles. The van der Waals surface area contributed by atoms with E-state index in [4.69, 9.17) is 5.73 Å². The van der Waals surface area contributed by atoms with Crippen LogP contribution in [0.25, 0.3) is 0 Å². The van der Waals surface area contributed by atoms with Crippen molar-refractivity contribution in [2.75, 3.05) is 26.2 Å². The van der Waals surface area contributed by atoms with Crippen LogP contribution in [-0.4, -0.2) is 49.2 Å². The van der Waals surface area contributed by atoms with E-state index in [1.807, 2.05) is 0 Å². The Bertz CT molecular complexity index is 386. The molecule has 0 saturated carbocycles. The SMILES string of the molecule is CCC(CC)N(CC(C)C)S(=O)(=O)N1CCC(CN)CC1. The summed E-state index contributed by atoms with van der Waals surface area (Å²) in [5.74, 6) is 0.810. The Morgan fingerprint density at radius 1 is 1.19 bits per heavy atom. The highest BCUT2D eigenvalue weighted by molar-refractivity contribution is 7.86. The van der Waals surface area contributed by atoms with E-state index >= 15 is 0 Å². The minimum Gasteiger partial charge on any atom is -0.330 e. The summed E-state index contributed by atoms with van der Waals surface area (Å²) in [6.07, 6.45) is 3.49. The van der Waals surface area contributed by atoms with Crippen molar-refractivity contribution in [1.29, 1.82) is 0 Å². The van der Waals surface area contributed by atoms with Crippen LogP contribution in [-0.2, 0) is 10.2 Å². The summed E-state index contributed by atoms with van der Waals surface area (Å²) in [7, 11) is -3.35. The zero-order valence-electron chi connectivity index (χ0n) is 14.1. The molecule has 1 fully saturated rings. The third-order valence-electron chi connectivity index (χ3n) is 4.42. The molecule has 126 valence electrons. The van der Waals surface area contributed by atoms with Crippen molar-refractivity contribution in [1.82, 2.24) is 8.61 Å². The smallest absolute Gasteiger partial charge is 0.282 e. The first-order valence-electron chi connectivity index (χ1n) is 8.33. The second kappa shape index (κ2) is 8.46. The molecule has 0 aromatic heterocycles. The second-order valence-corrected chi connectivity index (χ2v) is 8.40. The van der Waals surface area contributed by atoms with Crippen molar-refractivity contribution in [2.45, 2.75) is 59.4 Å². The third kappa shape index (κ3) is 4.91. The van der Waals surface area contributed by atoms with Crippen LogP contribution in [0.2, 0.25) is 0 Å². The summed E-state index contributed by atoms with van der Waals surface area (Å²) in [5.41, 5.74) is 5.70. The number of piperidine rings is 1. The molecule has 0 aromatic rings. The third-order valence-corrected chi connectivity index (χ3v) is 6.48. The van der Waals surface area contributed by atoms with E-state index in [1.165, 1.54) is 0 Å². The quantitative estimate of drug-likeness (QED) is 0.744. The van der Waals surface area contributed by atoms with Crippen molar-refractivity contribution >= 4 is 10.2 Å². The maximum absolute atomic E-state index is 13.0. The fourth-order valence-corrected chi connectivity index (χ4v) is 5.14. The molecule has 5 nitrogen and oxygen atoms in total. The van der Waals surface area contributed by atoms with Gasteiger partial charge in [-0.2, -0.15) is 17.0 Å². The lowest BCUT2D eigenvalue weighted by Crippen LogP contribution is -2.52. The van der Waals surface area contributed by atoms with Gasteiger partial charge < -0.3 is 5.73 Å². The van der Waals surface area contributed by atoms with Crippen molar-refractivity contribution < 1.29 is 8.42 Å². The zero-order chi connectivity index (χ0) is 16.0. The first kappa shape index (κ1) is 18.9. The second-order valence-electron chi connectivity index (χ2n) is 6.52. The van der Waals surface area contributed by atoms with Gasteiger partial charge in [0, 0.05) is 25.7 Å². The summed E-state index contributed by atoms with van der Waals surface area (Å²) in [4.78, 5) is 0.